The van der Waals surface area contributed by atoms with Crippen LogP contribution < -0.4 is 11.1 Å². The summed E-state index contributed by atoms with van der Waals surface area (Å²) in [5.74, 6) is -0.124. The number of hydrogen-bond donors (Lipinski definition) is 2. The number of fused-ring (bicyclic) bond motifs is 1. The predicted molar refractivity (Wildman–Crippen MR) is 70.8 cm³/mol. The molecule has 18 heavy (non-hydrogen) atoms. The molecule has 0 spiro atoms. The molecule has 6 heteroatoms. The molecule has 0 bridgehead atoms. The molecule has 0 saturated carbocycles. The predicted octanol–water partition coefficient (Wildman–Crippen LogP) is 1.32. The highest BCUT2D eigenvalue weighted by Crippen LogP contribution is 2.35. The molecule has 0 radical (unpaired) electrons. The number of anilines is 1. The second-order valence-corrected chi connectivity index (χ2v) is 5.43. The van der Waals surface area contributed by atoms with Crippen LogP contribution in [0.5, 0.6) is 0 Å². The first-order valence-electron chi connectivity index (χ1n) is 5.68. The average molecular weight is 263 g/mol. The van der Waals surface area contributed by atoms with Gasteiger partial charge in [-0.05, 0) is 12.5 Å². The zero-order chi connectivity index (χ0) is 12.7. The molecule has 0 aliphatic carbocycles. The number of aryl methyl sites for hydroxylation is 1. The largest absolute Gasteiger partial charge is 0.397 e. The molecule has 0 unspecified atom stereocenters. The minimum absolute atomic E-state index is 0.112. The fourth-order valence-electron chi connectivity index (χ4n) is 1.98. The van der Waals surface area contributed by atoms with Crippen molar-refractivity contribution in [2.45, 2.75) is 13.0 Å². The molecule has 1 aliphatic rings. The highest BCUT2D eigenvalue weighted by atomic mass is 32.1. The van der Waals surface area contributed by atoms with Crippen LogP contribution in [0.1, 0.15) is 15.2 Å². The number of ether oxygens (including phenoxy) is 1. The third kappa shape index (κ3) is 1.74. The fraction of sp³-hybridized carbons (Fsp3) is 0.333. The van der Waals surface area contributed by atoms with Crippen LogP contribution in [0.25, 0.3) is 10.1 Å². The number of rotatable bonds is 2. The van der Waals surface area contributed by atoms with Crippen molar-refractivity contribution >= 4 is 33.0 Å². The third-order valence-electron chi connectivity index (χ3n) is 3.01. The Balaban J connectivity index is 1.98. The van der Waals surface area contributed by atoms with Crippen LogP contribution >= 0.6 is 11.3 Å². The first-order valence-corrected chi connectivity index (χ1v) is 6.49. The quantitative estimate of drug-likeness (QED) is 0.856. The van der Waals surface area contributed by atoms with E-state index in [1.807, 2.05) is 6.92 Å². The second-order valence-electron chi connectivity index (χ2n) is 4.38. The van der Waals surface area contributed by atoms with Crippen LogP contribution in [0.2, 0.25) is 0 Å². The molecular weight excluding hydrogens is 250 g/mol. The molecule has 1 saturated heterocycles. The Morgan fingerprint density at radius 2 is 2.33 bits per heavy atom. The number of thiophene rings is 1. The summed E-state index contributed by atoms with van der Waals surface area (Å²) in [6, 6.07) is 0.112. The Morgan fingerprint density at radius 3 is 2.94 bits per heavy atom. The van der Waals surface area contributed by atoms with Crippen molar-refractivity contribution in [2.24, 2.45) is 0 Å². The number of nitrogen functional groups attached to an aromatic ring is 1. The van der Waals surface area contributed by atoms with E-state index in [4.69, 9.17) is 10.5 Å². The molecule has 3 N–H and O–H groups in total. The third-order valence-corrected chi connectivity index (χ3v) is 4.15. The van der Waals surface area contributed by atoms with E-state index in [1.165, 1.54) is 11.3 Å². The summed E-state index contributed by atoms with van der Waals surface area (Å²) < 4.78 is 5.97. The van der Waals surface area contributed by atoms with Crippen molar-refractivity contribution in [3.8, 4) is 0 Å². The Morgan fingerprint density at radius 1 is 1.56 bits per heavy atom. The van der Waals surface area contributed by atoms with E-state index < -0.39 is 0 Å². The lowest BCUT2D eigenvalue weighted by Crippen LogP contribution is -2.48. The number of pyridine rings is 1. The first-order chi connectivity index (χ1) is 8.66. The van der Waals surface area contributed by atoms with E-state index in [0.717, 1.165) is 15.6 Å². The van der Waals surface area contributed by atoms with E-state index >= 15 is 0 Å². The minimum Gasteiger partial charge on any atom is -0.397 e. The van der Waals surface area contributed by atoms with Crippen LogP contribution in [-0.4, -0.2) is 30.1 Å². The Labute approximate surface area is 108 Å². The van der Waals surface area contributed by atoms with Gasteiger partial charge in [-0.3, -0.25) is 9.78 Å². The molecule has 94 valence electrons. The van der Waals surface area contributed by atoms with Crippen LogP contribution in [-0.2, 0) is 4.74 Å². The lowest BCUT2D eigenvalue weighted by molar-refractivity contribution is -0.00337. The van der Waals surface area contributed by atoms with Gasteiger partial charge in [0.1, 0.15) is 4.88 Å². The smallest absolute Gasteiger partial charge is 0.263 e. The highest BCUT2D eigenvalue weighted by Gasteiger charge is 2.24. The monoisotopic (exact) mass is 263 g/mol. The van der Waals surface area contributed by atoms with Gasteiger partial charge >= 0.3 is 0 Å². The standard InChI is InChI=1S/C12H13N3O2S/c1-6-2-14-3-8-9(6)10(13)11(18-8)12(16)15-7-4-17-5-7/h2-3,7H,4-5,13H2,1H3,(H,15,16). The number of hydrogen-bond acceptors (Lipinski definition) is 5. The van der Waals surface area contributed by atoms with Gasteiger partial charge in [-0.2, -0.15) is 0 Å². The van der Waals surface area contributed by atoms with Gasteiger partial charge in [-0.1, -0.05) is 0 Å². The van der Waals surface area contributed by atoms with Crippen LogP contribution in [0.15, 0.2) is 12.4 Å². The molecule has 0 aromatic carbocycles. The van der Waals surface area contributed by atoms with E-state index in [0.29, 0.717) is 23.8 Å². The molecule has 1 amide bonds. The topological polar surface area (TPSA) is 77.2 Å². The fourth-order valence-corrected chi connectivity index (χ4v) is 3.05. The maximum atomic E-state index is 12.1. The molecule has 1 fully saturated rings. The van der Waals surface area contributed by atoms with Crippen molar-refractivity contribution in [1.29, 1.82) is 0 Å². The van der Waals surface area contributed by atoms with Crippen molar-refractivity contribution in [2.75, 3.05) is 18.9 Å². The molecule has 3 rings (SSSR count). The number of carbonyl (C=O) groups excluding carboxylic acids is 1. The number of nitrogens with zero attached hydrogens (tertiary/aromatic N) is 1. The Kier molecular flexibility index (Phi) is 2.68. The minimum atomic E-state index is -0.124. The van der Waals surface area contributed by atoms with Gasteiger partial charge in [0.25, 0.3) is 5.91 Å². The molecule has 2 aromatic rings. The van der Waals surface area contributed by atoms with E-state index in [-0.39, 0.29) is 11.9 Å². The summed E-state index contributed by atoms with van der Waals surface area (Å²) in [4.78, 5) is 16.8. The van der Waals surface area contributed by atoms with Crippen molar-refractivity contribution in [1.82, 2.24) is 10.3 Å². The summed E-state index contributed by atoms with van der Waals surface area (Å²) in [6.45, 7) is 3.11. The number of amides is 1. The molecule has 5 nitrogen and oxygen atoms in total. The normalized spacial score (nSPS) is 15.6. The summed E-state index contributed by atoms with van der Waals surface area (Å²) in [5.41, 5.74) is 7.61. The van der Waals surface area contributed by atoms with E-state index in [2.05, 4.69) is 10.3 Å². The average Bonchev–Trinajstić information content (AvgIpc) is 2.63. The maximum Gasteiger partial charge on any atom is 0.263 e. The molecule has 3 heterocycles. The zero-order valence-electron chi connectivity index (χ0n) is 9.90. The van der Waals surface area contributed by atoms with Crippen LogP contribution in [0, 0.1) is 6.92 Å². The Hall–Kier alpha value is -1.66. The van der Waals surface area contributed by atoms with Gasteiger partial charge in [0.05, 0.1) is 29.6 Å². The van der Waals surface area contributed by atoms with Crippen molar-refractivity contribution < 1.29 is 9.53 Å². The molecule has 1 aliphatic heterocycles. The van der Waals surface area contributed by atoms with Gasteiger partial charge in [0.15, 0.2) is 0 Å². The van der Waals surface area contributed by atoms with Gasteiger partial charge in [0.2, 0.25) is 0 Å². The first kappa shape index (κ1) is 11.4. The number of aromatic nitrogens is 1. The van der Waals surface area contributed by atoms with Crippen LogP contribution in [0.4, 0.5) is 5.69 Å². The second kappa shape index (κ2) is 4.22. The lowest BCUT2D eigenvalue weighted by Gasteiger charge is -2.26. The van der Waals surface area contributed by atoms with Crippen molar-refractivity contribution in [3.63, 3.8) is 0 Å². The lowest BCUT2D eigenvalue weighted by atomic mass is 10.1. The summed E-state index contributed by atoms with van der Waals surface area (Å²) >= 11 is 1.38. The number of nitrogens with two attached hydrogens (primary N) is 1. The van der Waals surface area contributed by atoms with Gasteiger partial charge in [-0.25, -0.2) is 0 Å². The Bertz CT molecular complexity index is 619. The number of carbonyl (C=O) groups is 1. The SMILES string of the molecule is Cc1cncc2sc(C(=O)NC3COC3)c(N)c12. The zero-order valence-corrected chi connectivity index (χ0v) is 10.7. The van der Waals surface area contributed by atoms with E-state index in [1.54, 1.807) is 12.4 Å². The van der Waals surface area contributed by atoms with Gasteiger partial charge in [0, 0.05) is 17.8 Å². The van der Waals surface area contributed by atoms with Gasteiger partial charge in [-0.15, -0.1) is 11.3 Å². The van der Waals surface area contributed by atoms with Crippen LogP contribution in [0.3, 0.4) is 0 Å². The molecule has 2 aromatic heterocycles. The molecule has 0 atom stereocenters. The number of nitrogens with one attached hydrogen (secondary N) is 1. The summed E-state index contributed by atoms with van der Waals surface area (Å²) in [7, 11) is 0. The summed E-state index contributed by atoms with van der Waals surface area (Å²) in [5, 5.41) is 3.84. The van der Waals surface area contributed by atoms with Gasteiger partial charge < -0.3 is 15.8 Å². The summed E-state index contributed by atoms with van der Waals surface area (Å²) in [6.07, 6.45) is 3.50. The van der Waals surface area contributed by atoms with Crippen molar-refractivity contribution in [3.05, 3.63) is 22.8 Å². The molecular formula is C12H13N3O2S. The van der Waals surface area contributed by atoms with E-state index in [9.17, 15) is 4.79 Å². The maximum absolute atomic E-state index is 12.1. The highest BCUT2D eigenvalue weighted by molar-refractivity contribution is 7.21.